The molecule has 5 heteroatoms. The average molecular weight is 295 g/mol. The van der Waals surface area contributed by atoms with Crippen molar-refractivity contribution in [2.24, 2.45) is 0 Å². The average Bonchev–Trinajstić information content (AvgIpc) is 2.95. The summed E-state index contributed by atoms with van der Waals surface area (Å²) in [5.74, 6) is 0. The van der Waals surface area contributed by atoms with Crippen LogP contribution in [0.15, 0.2) is 5.38 Å². The van der Waals surface area contributed by atoms with E-state index in [1.807, 2.05) is 0 Å². The minimum Gasteiger partial charge on any atom is -0.359 e. The number of anilines is 1. The highest BCUT2D eigenvalue weighted by Crippen LogP contribution is 2.33. The van der Waals surface area contributed by atoms with Gasteiger partial charge < -0.3 is 5.32 Å². The molecule has 0 atom stereocenters. The van der Waals surface area contributed by atoms with E-state index in [1.165, 1.54) is 15.6 Å². The van der Waals surface area contributed by atoms with Gasteiger partial charge in [0.05, 0.1) is 21.3 Å². The molecule has 0 spiro atoms. The van der Waals surface area contributed by atoms with E-state index in [1.54, 1.807) is 22.7 Å². The van der Waals surface area contributed by atoms with Crippen molar-refractivity contribution >= 4 is 27.8 Å². The van der Waals surface area contributed by atoms with E-state index >= 15 is 0 Å². The molecule has 0 aromatic carbocycles. The van der Waals surface area contributed by atoms with Gasteiger partial charge in [0.2, 0.25) is 0 Å². The Balaban J connectivity index is 2.29. The summed E-state index contributed by atoms with van der Waals surface area (Å²) in [6, 6.07) is 0.418. The van der Waals surface area contributed by atoms with E-state index in [0.717, 1.165) is 30.1 Å². The number of aryl methyl sites for hydroxylation is 2. The molecule has 2 aromatic heterocycles. The first-order valence-corrected chi connectivity index (χ1v) is 8.54. The lowest BCUT2D eigenvalue weighted by Gasteiger charge is -2.04. The van der Waals surface area contributed by atoms with Crippen molar-refractivity contribution in [2.45, 2.75) is 53.0 Å². The van der Waals surface area contributed by atoms with Gasteiger partial charge in [-0.3, -0.25) is 0 Å². The number of thiazole rings is 2. The van der Waals surface area contributed by atoms with Crippen molar-refractivity contribution in [3.05, 3.63) is 16.1 Å². The van der Waals surface area contributed by atoms with E-state index in [2.05, 4.69) is 43.4 Å². The summed E-state index contributed by atoms with van der Waals surface area (Å²) in [4.78, 5) is 10.7. The maximum atomic E-state index is 4.73. The number of hydrogen-bond acceptors (Lipinski definition) is 5. The Labute approximate surface area is 123 Å². The summed E-state index contributed by atoms with van der Waals surface area (Å²) < 4.78 is 0. The molecule has 3 nitrogen and oxygen atoms in total. The van der Waals surface area contributed by atoms with Crippen LogP contribution in [0.1, 0.15) is 44.8 Å². The highest BCUT2D eigenvalue weighted by molar-refractivity contribution is 7.16. The molecule has 0 amide bonds. The van der Waals surface area contributed by atoms with Crippen LogP contribution in [0.3, 0.4) is 0 Å². The van der Waals surface area contributed by atoms with Gasteiger partial charge in [-0.1, -0.05) is 20.3 Å². The molecule has 19 heavy (non-hydrogen) atoms. The predicted octanol–water partition coefficient (Wildman–Crippen LogP) is 4.60. The Morgan fingerprint density at radius 1 is 1.26 bits per heavy atom. The maximum Gasteiger partial charge on any atom is 0.183 e. The van der Waals surface area contributed by atoms with Gasteiger partial charge in [0.1, 0.15) is 0 Å². The van der Waals surface area contributed by atoms with Gasteiger partial charge in [-0.2, -0.15) is 0 Å². The Morgan fingerprint density at radius 2 is 2.05 bits per heavy atom. The lowest BCUT2D eigenvalue weighted by atomic mass is 10.2. The summed E-state index contributed by atoms with van der Waals surface area (Å²) in [7, 11) is 0. The molecule has 104 valence electrons. The summed E-state index contributed by atoms with van der Waals surface area (Å²) in [5, 5.41) is 7.71. The molecule has 1 N–H and O–H groups in total. The number of nitrogens with one attached hydrogen (secondary N) is 1. The molecule has 2 rings (SSSR count). The zero-order valence-corrected chi connectivity index (χ0v) is 13.6. The van der Waals surface area contributed by atoms with Crippen molar-refractivity contribution in [3.8, 4) is 10.6 Å². The highest BCUT2D eigenvalue weighted by Gasteiger charge is 2.14. The van der Waals surface area contributed by atoms with Crippen molar-refractivity contribution in [3.63, 3.8) is 0 Å². The molecule has 0 saturated heterocycles. The molecule has 0 bridgehead atoms. The Morgan fingerprint density at radius 3 is 2.68 bits per heavy atom. The molecule has 0 unspecified atom stereocenters. The highest BCUT2D eigenvalue weighted by atomic mass is 32.1. The Kier molecular flexibility index (Phi) is 4.93. The Bertz CT molecular complexity index is 529. The maximum absolute atomic E-state index is 4.73. The second-order valence-corrected chi connectivity index (χ2v) is 6.77. The summed E-state index contributed by atoms with van der Waals surface area (Å²) in [6.07, 6.45) is 3.17. The molecular weight excluding hydrogens is 274 g/mol. The van der Waals surface area contributed by atoms with Gasteiger partial charge in [0, 0.05) is 11.4 Å². The SMILES string of the molecule is CCCc1nc(CC)sc1-c1csc(NC(C)C)n1. The fraction of sp³-hybridized carbons (Fsp3) is 0.571. The number of rotatable bonds is 6. The Hall–Kier alpha value is -0.940. The molecule has 0 radical (unpaired) electrons. The molecule has 2 heterocycles. The van der Waals surface area contributed by atoms with Crippen LogP contribution < -0.4 is 5.32 Å². The normalized spacial score (nSPS) is 11.2. The predicted molar refractivity (Wildman–Crippen MR) is 85.4 cm³/mol. The molecular formula is C14H21N3S2. The molecule has 0 aliphatic rings. The minimum atomic E-state index is 0.418. The summed E-state index contributed by atoms with van der Waals surface area (Å²) in [5.41, 5.74) is 2.29. The second kappa shape index (κ2) is 6.48. The lowest BCUT2D eigenvalue weighted by molar-refractivity contribution is 0.881. The van der Waals surface area contributed by atoms with Gasteiger partial charge in [-0.25, -0.2) is 9.97 Å². The topological polar surface area (TPSA) is 37.8 Å². The van der Waals surface area contributed by atoms with Crippen LogP contribution >= 0.6 is 22.7 Å². The molecule has 0 aliphatic heterocycles. The van der Waals surface area contributed by atoms with Crippen LogP contribution in [0.5, 0.6) is 0 Å². The van der Waals surface area contributed by atoms with Crippen LogP contribution in [0.25, 0.3) is 10.6 Å². The van der Waals surface area contributed by atoms with Gasteiger partial charge >= 0.3 is 0 Å². The van der Waals surface area contributed by atoms with Crippen LogP contribution in [0, 0.1) is 0 Å². The fourth-order valence-corrected chi connectivity index (χ4v) is 3.78. The van der Waals surface area contributed by atoms with E-state index in [9.17, 15) is 0 Å². The molecule has 0 saturated carbocycles. The summed E-state index contributed by atoms with van der Waals surface area (Å²) in [6.45, 7) is 8.61. The van der Waals surface area contributed by atoms with Crippen molar-refractivity contribution in [2.75, 3.05) is 5.32 Å². The first-order chi connectivity index (χ1) is 9.13. The van der Waals surface area contributed by atoms with E-state index in [-0.39, 0.29) is 0 Å². The third kappa shape index (κ3) is 3.54. The zero-order valence-electron chi connectivity index (χ0n) is 12.0. The molecule has 0 fully saturated rings. The van der Waals surface area contributed by atoms with Crippen molar-refractivity contribution in [1.82, 2.24) is 9.97 Å². The van der Waals surface area contributed by atoms with Crippen LogP contribution in [0.4, 0.5) is 5.13 Å². The van der Waals surface area contributed by atoms with Crippen LogP contribution in [-0.4, -0.2) is 16.0 Å². The molecule has 2 aromatic rings. The van der Waals surface area contributed by atoms with Crippen LogP contribution in [0.2, 0.25) is 0 Å². The van der Waals surface area contributed by atoms with E-state index in [0.29, 0.717) is 6.04 Å². The van der Waals surface area contributed by atoms with Gasteiger partial charge in [-0.05, 0) is 26.7 Å². The summed E-state index contributed by atoms with van der Waals surface area (Å²) >= 11 is 3.46. The van der Waals surface area contributed by atoms with Crippen molar-refractivity contribution < 1.29 is 0 Å². The standard InChI is InChI=1S/C14H21N3S2/c1-5-7-10-13(19-12(6-2)16-10)11-8-18-14(17-11)15-9(3)4/h8-9H,5-7H2,1-4H3,(H,15,17). The third-order valence-corrected chi connectivity index (χ3v) is 4.72. The number of hydrogen-bond donors (Lipinski definition) is 1. The monoisotopic (exact) mass is 295 g/mol. The number of nitrogens with zero attached hydrogens (tertiary/aromatic N) is 2. The van der Waals surface area contributed by atoms with Gasteiger partial charge in [0.25, 0.3) is 0 Å². The smallest absolute Gasteiger partial charge is 0.183 e. The number of aromatic nitrogens is 2. The largest absolute Gasteiger partial charge is 0.359 e. The third-order valence-electron chi connectivity index (χ3n) is 2.68. The van der Waals surface area contributed by atoms with Gasteiger partial charge in [-0.15, -0.1) is 22.7 Å². The lowest BCUT2D eigenvalue weighted by Crippen LogP contribution is -2.08. The molecule has 0 aliphatic carbocycles. The quantitative estimate of drug-likeness (QED) is 0.846. The fourth-order valence-electron chi connectivity index (χ4n) is 1.85. The second-order valence-electron chi connectivity index (χ2n) is 4.82. The van der Waals surface area contributed by atoms with Gasteiger partial charge in [0.15, 0.2) is 5.13 Å². The zero-order chi connectivity index (χ0) is 13.8. The first-order valence-electron chi connectivity index (χ1n) is 6.85. The van der Waals surface area contributed by atoms with Crippen LogP contribution in [-0.2, 0) is 12.8 Å². The van der Waals surface area contributed by atoms with E-state index < -0.39 is 0 Å². The van der Waals surface area contributed by atoms with E-state index in [4.69, 9.17) is 4.98 Å². The minimum absolute atomic E-state index is 0.418. The van der Waals surface area contributed by atoms with Crippen molar-refractivity contribution in [1.29, 1.82) is 0 Å². The first kappa shape index (κ1) is 14.5.